The molecular weight excluding hydrogens is 282 g/mol. The van der Waals surface area contributed by atoms with Crippen LogP contribution in [0.2, 0.25) is 0 Å². The molecule has 0 bridgehead atoms. The number of ether oxygens (including phenoxy) is 1. The van der Waals surface area contributed by atoms with Crippen LogP contribution < -0.4 is 4.74 Å². The molecule has 88 valence electrons. The highest BCUT2D eigenvalue weighted by atomic mass is 79.9. The molecule has 17 heavy (non-hydrogen) atoms. The van der Waals surface area contributed by atoms with Crippen LogP contribution in [0.1, 0.15) is 12.5 Å². The normalized spacial score (nSPS) is 10.5. The van der Waals surface area contributed by atoms with E-state index in [1.165, 1.54) is 6.92 Å². The number of Topliss-reactive ketones (excluding diaryl/α,β-unsaturated/α-hetero) is 1. The van der Waals surface area contributed by atoms with Crippen LogP contribution in [0, 0.1) is 6.92 Å². The minimum absolute atomic E-state index is 0.0000874. The van der Waals surface area contributed by atoms with Crippen LogP contribution in [-0.4, -0.2) is 17.4 Å². The predicted molar refractivity (Wildman–Crippen MR) is 70.4 cm³/mol. The molecule has 0 N–H and O–H groups in total. The minimum Gasteiger partial charge on any atom is -0.485 e. The Labute approximate surface area is 108 Å². The molecule has 1 aromatic carbocycles. The molecule has 2 aromatic rings. The van der Waals surface area contributed by atoms with Crippen LogP contribution in [-0.2, 0) is 4.79 Å². The molecule has 2 rings (SSSR count). The molecule has 1 heterocycles. The van der Waals surface area contributed by atoms with Crippen molar-refractivity contribution in [1.29, 1.82) is 0 Å². The van der Waals surface area contributed by atoms with E-state index in [1.54, 1.807) is 6.20 Å². The number of nitrogens with zero attached hydrogens (tertiary/aromatic N) is 1. The Balaban J connectivity index is 2.49. The summed E-state index contributed by atoms with van der Waals surface area (Å²) in [4.78, 5) is 15.2. The number of aryl methyl sites for hydroxylation is 1. The lowest BCUT2D eigenvalue weighted by atomic mass is 10.1. The SMILES string of the molecule is CC(=O)COc1ccc2nccc(C)c2c1Br. The summed E-state index contributed by atoms with van der Waals surface area (Å²) >= 11 is 3.51. The van der Waals surface area contributed by atoms with Gasteiger partial charge in [-0.2, -0.15) is 0 Å². The fraction of sp³-hybridized carbons (Fsp3) is 0.231. The number of aromatic nitrogens is 1. The molecular formula is C13H12BrNO2. The van der Waals surface area contributed by atoms with E-state index in [2.05, 4.69) is 20.9 Å². The van der Waals surface area contributed by atoms with Gasteiger partial charge in [-0.25, -0.2) is 0 Å². The van der Waals surface area contributed by atoms with Crippen LogP contribution >= 0.6 is 15.9 Å². The second-order valence-corrected chi connectivity index (χ2v) is 4.68. The van der Waals surface area contributed by atoms with Crippen molar-refractivity contribution in [3.8, 4) is 5.75 Å². The number of rotatable bonds is 3. The summed E-state index contributed by atoms with van der Waals surface area (Å²) in [5.74, 6) is 0.670. The molecule has 0 aliphatic carbocycles. The molecule has 0 radical (unpaired) electrons. The Bertz CT molecular complexity index is 581. The molecule has 0 amide bonds. The summed E-state index contributed by atoms with van der Waals surface area (Å²) in [6.07, 6.45) is 1.78. The Hall–Kier alpha value is -1.42. The van der Waals surface area contributed by atoms with Gasteiger partial charge in [-0.05, 0) is 53.5 Å². The van der Waals surface area contributed by atoms with Gasteiger partial charge in [0.2, 0.25) is 0 Å². The number of carbonyl (C=O) groups is 1. The van der Waals surface area contributed by atoms with E-state index in [0.717, 1.165) is 20.9 Å². The first kappa shape index (κ1) is 12.0. The van der Waals surface area contributed by atoms with E-state index >= 15 is 0 Å². The number of benzene rings is 1. The smallest absolute Gasteiger partial charge is 0.167 e. The van der Waals surface area contributed by atoms with Crippen LogP contribution in [0.15, 0.2) is 28.9 Å². The van der Waals surface area contributed by atoms with Crippen molar-refractivity contribution < 1.29 is 9.53 Å². The van der Waals surface area contributed by atoms with Gasteiger partial charge in [-0.1, -0.05) is 0 Å². The molecule has 0 aliphatic rings. The number of carbonyl (C=O) groups excluding carboxylic acids is 1. The third-order valence-corrected chi connectivity index (χ3v) is 3.24. The summed E-state index contributed by atoms with van der Waals surface area (Å²) in [5, 5.41) is 1.02. The monoisotopic (exact) mass is 293 g/mol. The van der Waals surface area contributed by atoms with Crippen molar-refractivity contribution in [1.82, 2.24) is 4.98 Å². The number of hydrogen-bond donors (Lipinski definition) is 0. The van der Waals surface area contributed by atoms with E-state index in [-0.39, 0.29) is 12.4 Å². The van der Waals surface area contributed by atoms with Crippen molar-refractivity contribution in [3.63, 3.8) is 0 Å². The predicted octanol–water partition coefficient (Wildman–Crippen LogP) is 3.27. The van der Waals surface area contributed by atoms with Crippen molar-refractivity contribution in [3.05, 3.63) is 34.4 Å². The van der Waals surface area contributed by atoms with Crippen molar-refractivity contribution in [2.75, 3.05) is 6.61 Å². The van der Waals surface area contributed by atoms with Gasteiger partial charge in [-0.3, -0.25) is 9.78 Å². The third kappa shape index (κ3) is 2.47. The Morgan fingerprint density at radius 1 is 1.41 bits per heavy atom. The molecule has 4 heteroatoms. The van der Waals surface area contributed by atoms with Gasteiger partial charge in [0.25, 0.3) is 0 Å². The van der Waals surface area contributed by atoms with Gasteiger partial charge in [0.1, 0.15) is 12.4 Å². The summed E-state index contributed by atoms with van der Waals surface area (Å²) in [5.41, 5.74) is 2.03. The molecule has 0 unspecified atom stereocenters. The zero-order chi connectivity index (χ0) is 12.4. The third-order valence-electron chi connectivity index (χ3n) is 2.45. The minimum atomic E-state index is -0.0000874. The zero-order valence-electron chi connectivity index (χ0n) is 9.66. The first-order chi connectivity index (χ1) is 8.09. The van der Waals surface area contributed by atoms with Crippen molar-refractivity contribution >= 4 is 32.6 Å². The average molecular weight is 294 g/mol. The van der Waals surface area contributed by atoms with Gasteiger partial charge < -0.3 is 4.74 Å². The molecule has 0 saturated heterocycles. The highest BCUT2D eigenvalue weighted by Crippen LogP contribution is 2.34. The standard InChI is InChI=1S/C13H12BrNO2/c1-8-5-6-15-10-3-4-11(13(14)12(8)10)17-7-9(2)16/h3-6H,7H2,1-2H3. The molecule has 0 atom stereocenters. The second kappa shape index (κ2) is 4.84. The van der Waals surface area contributed by atoms with Crippen LogP contribution in [0.25, 0.3) is 10.9 Å². The molecule has 3 nitrogen and oxygen atoms in total. The number of halogens is 1. The summed E-state index contributed by atoms with van der Waals surface area (Å²) in [6, 6.07) is 5.66. The van der Waals surface area contributed by atoms with Gasteiger partial charge in [0, 0.05) is 11.6 Å². The Morgan fingerprint density at radius 2 is 2.18 bits per heavy atom. The maximum Gasteiger partial charge on any atom is 0.167 e. The first-order valence-electron chi connectivity index (χ1n) is 5.25. The Kier molecular flexibility index (Phi) is 3.43. The molecule has 0 fully saturated rings. The second-order valence-electron chi connectivity index (χ2n) is 3.89. The van der Waals surface area contributed by atoms with Gasteiger partial charge in [0.15, 0.2) is 5.78 Å². The molecule has 0 saturated carbocycles. The first-order valence-corrected chi connectivity index (χ1v) is 6.05. The molecule has 0 aliphatic heterocycles. The van der Waals surface area contributed by atoms with E-state index in [1.807, 2.05) is 25.1 Å². The quantitative estimate of drug-likeness (QED) is 0.872. The van der Waals surface area contributed by atoms with Gasteiger partial charge in [-0.15, -0.1) is 0 Å². The number of pyridine rings is 1. The average Bonchev–Trinajstić information content (AvgIpc) is 2.28. The summed E-state index contributed by atoms with van der Waals surface area (Å²) in [6.45, 7) is 3.61. The Morgan fingerprint density at radius 3 is 2.88 bits per heavy atom. The van der Waals surface area contributed by atoms with E-state index in [4.69, 9.17) is 4.74 Å². The maximum atomic E-state index is 10.9. The van der Waals surface area contributed by atoms with Gasteiger partial charge >= 0.3 is 0 Å². The van der Waals surface area contributed by atoms with Crippen LogP contribution in [0.5, 0.6) is 5.75 Å². The molecule has 1 aromatic heterocycles. The van der Waals surface area contributed by atoms with Crippen molar-refractivity contribution in [2.24, 2.45) is 0 Å². The van der Waals surface area contributed by atoms with E-state index < -0.39 is 0 Å². The fourth-order valence-corrected chi connectivity index (χ4v) is 2.40. The fourth-order valence-electron chi connectivity index (χ4n) is 1.63. The van der Waals surface area contributed by atoms with E-state index in [0.29, 0.717) is 5.75 Å². The summed E-state index contributed by atoms with van der Waals surface area (Å²) < 4.78 is 6.29. The molecule has 0 spiro atoms. The largest absolute Gasteiger partial charge is 0.485 e. The van der Waals surface area contributed by atoms with Crippen LogP contribution in [0.4, 0.5) is 0 Å². The van der Waals surface area contributed by atoms with E-state index in [9.17, 15) is 4.79 Å². The lowest BCUT2D eigenvalue weighted by molar-refractivity contribution is -0.118. The number of ketones is 1. The zero-order valence-corrected chi connectivity index (χ0v) is 11.2. The van der Waals surface area contributed by atoms with Crippen LogP contribution in [0.3, 0.4) is 0 Å². The number of hydrogen-bond acceptors (Lipinski definition) is 3. The summed E-state index contributed by atoms with van der Waals surface area (Å²) in [7, 11) is 0. The topological polar surface area (TPSA) is 39.2 Å². The van der Waals surface area contributed by atoms with Gasteiger partial charge in [0.05, 0.1) is 9.99 Å². The highest BCUT2D eigenvalue weighted by Gasteiger charge is 2.09. The van der Waals surface area contributed by atoms with Crippen molar-refractivity contribution in [2.45, 2.75) is 13.8 Å². The lowest BCUT2D eigenvalue weighted by Crippen LogP contribution is -2.07. The maximum absolute atomic E-state index is 10.9. The number of fused-ring (bicyclic) bond motifs is 1. The lowest BCUT2D eigenvalue weighted by Gasteiger charge is -2.10. The highest BCUT2D eigenvalue weighted by molar-refractivity contribution is 9.10.